The fourth-order valence-corrected chi connectivity index (χ4v) is 4.86. The third kappa shape index (κ3) is 5.35. The summed E-state index contributed by atoms with van der Waals surface area (Å²) in [5, 5.41) is 3.08. The van der Waals surface area contributed by atoms with Gasteiger partial charge in [-0.05, 0) is 42.7 Å². The van der Waals surface area contributed by atoms with E-state index in [1.54, 1.807) is 0 Å². The Morgan fingerprint density at radius 3 is 2.48 bits per heavy atom. The van der Waals surface area contributed by atoms with Crippen LogP contribution in [-0.4, -0.2) is 43.8 Å². The van der Waals surface area contributed by atoms with E-state index < -0.39 is 34.5 Å². The normalized spacial score (nSPS) is 17.1. The number of ether oxygens (including phenoxy) is 1. The zero-order valence-corrected chi connectivity index (χ0v) is 17.2. The van der Waals surface area contributed by atoms with E-state index >= 15 is 0 Å². The monoisotopic (exact) mass is 436 g/mol. The van der Waals surface area contributed by atoms with Gasteiger partial charge in [-0.25, -0.2) is 8.42 Å². The molecule has 1 heterocycles. The Balaban J connectivity index is 1.57. The summed E-state index contributed by atoms with van der Waals surface area (Å²) in [6, 6.07) is 14.1. The predicted molar refractivity (Wildman–Crippen MR) is 108 cm³/mol. The quantitative estimate of drug-likeness (QED) is 0.672. The van der Waals surface area contributed by atoms with Crippen molar-refractivity contribution in [2.45, 2.75) is 30.3 Å². The van der Waals surface area contributed by atoms with E-state index in [9.17, 15) is 18.0 Å². The summed E-state index contributed by atoms with van der Waals surface area (Å²) in [6.07, 6.45) is 0.879. The molecule has 7 nitrogen and oxygen atoms in total. The van der Waals surface area contributed by atoms with Crippen molar-refractivity contribution in [3.63, 3.8) is 0 Å². The lowest BCUT2D eigenvalue weighted by Crippen LogP contribution is -2.42. The highest BCUT2D eigenvalue weighted by Gasteiger charge is 2.40. The van der Waals surface area contributed by atoms with Gasteiger partial charge < -0.3 is 10.1 Å². The van der Waals surface area contributed by atoms with Gasteiger partial charge in [0.1, 0.15) is 6.04 Å². The molecule has 1 saturated heterocycles. The molecule has 0 aliphatic carbocycles. The van der Waals surface area contributed by atoms with Crippen LogP contribution in [0.2, 0.25) is 5.02 Å². The number of nitrogens with one attached hydrogen (secondary N) is 1. The molecular weight excluding hydrogens is 416 g/mol. The molecule has 1 N–H and O–H groups in total. The van der Waals surface area contributed by atoms with Crippen LogP contribution in [0, 0.1) is 0 Å². The molecule has 1 aliphatic rings. The summed E-state index contributed by atoms with van der Waals surface area (Å²) in [7, 11) is -3.86. The SMILES string of the molecule is O=C(COC(=O)[C@@H]1CCCN1S(=O)(=O)c1ccc(Cl)cc1)NCc1ccccc1. The number of halogens is 1. The van der Waals surface area contributed by atoms with E-state index in [-0.39, 0.29) is 11.4 Å². The van der Waals surface area contributed by atoms with Crippen molar-refractivity contribution in [1.29, 1.82) is 0 Å². The summed E-state index contributed by atoms with van der Waals surface area (Å²) in [5.74, 6) is -1.18. The van der Waals surface area contributed by atoms with Gasteiger partial charge >= 0.3 is 5.97 Å². The standard InChI is InChI=1S/C20H21ClN2O5S/c21-16-8-10-17(11-9-16)29(26,27)23-12-4-7-18(23)20(25)28-14-19(24)22-13-15-5-2-1-3-6-15/h1-3,5-6,8-11,18H,4,7,12-14H2,(H,22,24)/t18-/m0/s1. The van der Waals surface area contributed by atoms with Crippen molar-refractivity contribution in [2.75, 3.05) is 13.2 Å². The van der Waals surface area contributed by atoms with Crippen LogP contribution in [0.4, 0.5) is 0 Å². The number of carbonyl (C=O) groups excluding carboxylic acids is 2. The Bertz CT molecular complexity index is 964. The summed E-state index contributed by atoms with van der Waals surface area (Å²) in [6.45, 7) is 0.0691. The molecule has 0 unspecified atom stereocenters. The largest absolute Gasteiger partial charge is 0.454 e. The Labute approximate surface area is 174 Å². The van der Waals surface area contributed by atoms with Crippen molar-refractivity contribution < 1.29 is 22.7 Å². The molecule has 1 atom stereocenters. The van der Waals surface area contributed by atoms with Crippen molar-refractivity contribution in [3.05, 3.63) is 65.2 Å². The van der Waals surface area contributed by atoms with E-state index in [0.717, 1.165) is 9.87 Å². The van der Waals surface area contributed by atoms with Gasteiger partial charge in [0.15, 0.2) is 6.61 Å². The maximum absolute atomic E-state index is 12.9. The van der Waals surface area contributed by atoms with E-state index in [1.807, 2.05) is 30.3 Å². The highest BCUT2D eigenvalue weighted by Crippen LogP contribution is 2.27. The number of carbonyl (C=O) groups is 2. The number of nitrogens with zero attached hydrogens (tertiary/aromatic N) is 1. The number of esters is 1. The van der Waals surface area contributed by atoms with Crippen molar-refractivity contribution in [3.8, 4) is 0 Å². The molecule has 29 heavy (non-hydrogen) atoms. The van der Waals surface area contributed by atoms with Crippen molar-refractivity contribution in [2.24, 2.45) is 0 Å². The molecule has 0 bridgehead atoms. The highest BCUT2D eigenvalue weighted by atomic mass is 35.5. The minimum absolute atomic E-state index is 0.0576. The lowest BCUT2D eigenvalue weighted by molar-refractivity contribution is -0.151. The number of sulfonamides is 1. The van der Waals surface area contributed by atoms with Gasteiger partial charge in [-0.1, -0.05) is 41.9 Å². The zero-order valence-electron chi connectivity index (χ0n) is 15.6. The van der Waals surface area contributed by atoms with Crippen molar-refractivity contribution in [1.82, 2.24) is 9.62 Å². The number of hydrogen-bond donors (Lipinski definition) is 1. The minimum atomic E-state index is -3.86. The van der Waals surface area contributed by atoms with Gasteiger partial charge in [-0.15, -0.1) is 0 Å². The van der Waals surface area contributed by atoms with Crippen LogP contribution in [0.15, 0.2) is 59.5 Å². The Morgan fingerprint density at radius 1 is 1.10 bits per heavy atom. The third-order valence-corrected chi connectivity index (χ3v) is 6.75. The molecule has 154 valence electrons. The Kier molecular flexibility index (Phi) is 6.89. The first-order valence-electron chi connectivity index (χ1n) is 9.12. The van der Waals surface area contributed by atoms with E-state index in [0.29, 0.717) is 24.4 Å². The lowest BCUT2D eigenvalue weighted by Gasteiger charge is -2.22. The number of rotatable bonds is 7. The van der Waals surface area contributed by atoms with Crippen LogP contribution in [0.3, 0.4) is 0 Å². The molecule has 2 aromatic carbocycles. The molecule has 2 aromatic rings. The molecule has 1 fully saturated rings. The number of hydrogen-bond acceptors (Lipinski definition) is 5. The molecule has 0 radical (unpaired) electrons. The van der Waals surface area contributed by atoms with Gasteiger partial charge in [-0.3, -0.25) is 9.59 Å². The predicted octanol–water partition coefficient (Wildman–Crippen LogP) is 2.35. The minimum Gasteiger partial charge on any atom is -0.454 e. The average Bonchev–Trinajstić information content (AvgIpc) is 3.22. The van der Waals surface area contributed by atoms with Gasteiger partial charge in [0, 0.05) is 18.1 Å². The van der Waals surface area contributed by atoms with E-state index in [4.69, 9.17) is 16.3 Å². The summed E-state index contributed by atoms with van der Waals surface area (Å²) < 4.78 is 31.9. The van der Waals surface area contributed by atoms with Gasteiger partial charge in [0.05, 0.1) is 4.90 Å². The first kappa shape index (κ1) is 21.3. The first-order chi connectivity index (χ1) is 13.9. The number of amides is 1. The van der Waals surface area contributed by atoms with Gasteiger partial charge in [0.25, 0.3) is 5.91 Å². The van der Waals surface area contributed by atoms with E-state index in [1.165, 1.54) is 24.3 Å². The van der Waals surface area contributed by atoms with Gasteiger partial charge in [0.2, 0.25) is 10.0 Å². The zero-order chi connectivity index (χ0) is 20.9. The van der Waals surface area contributed by atoms with Crippen LogP contribution in [0.25, 0.3) is 0 Å². The topological polar surface area (TPSA) is 92.8 Å². The summed E-state index contributed by atoms with van der Waals surface area (Å²) >= 11 is 5.82. The molecule has 0 saturated carbocycles. The van der Waals surface area contributed by atoms with Crippen LogP contribution in [-0.2, 0) is 30.9 Å². The second-order valence-corrected chi connectivity index (χ2v) is 8.92. The van der Waals surface area contributed by atoms with Crippen LogP contribution < -0.4 is 5.32 Å². The second kappa shape index (κ2) is 9.39. The second-order valence-electron chi connectivity index (χ2n) is 6.60. The number of benzene rings is 2. The Hall–Kier alpha value is -2.42. The van der Waals surface area contributed by atoms with Gasteiger partial charge in [-0.2, -0.15) is 4.31 Å². The fourth-order valence-electron chi connectivity index (χ4n) is 3.09. The average molecular weight is 437 g/mol. The molecule has 0 aromatic heterocycles. The molecule has 1 aliphatic heterocycles. The summed E-state index contributed by atoms with van der Waals surface area (Å²) in [4.78, 5) is 24.4. The molecular formula is C20H21ClN2O5S. The fraction of sp³-hybridized carbons (Fsp3) is 0.300. The maximum atomic E-state index is 12.9. The molecule has 1 amide bonds. The van der Waals surface area contributed by atoms with E-state index in [2.05, 4.69) is 5.32 Å². The van der Waals surface area contributed by atoms with Crippen LogP contribution in [0.1, 0.15) is 18.4 Å². The maximum Gasteiger partial charge on any atom is 0.324 e. The molecule has 9 heteroatoms. The summed E-state index contributed by atoms with van der Waals surface area (Å²) in [5.41, 5.74) is 0.920. The highest BCUT2D eigenvalue weighted by molar-refractivity contribution is 7.89. The van der Waals surface area contributed by atoms with Crippen molar-refractivity contribution >= 4 is 33.5 Å². The molecule has 0 spiro atoms. The van der Waals surface area contributed by atoms with Crippen LogP contribution in [0.5, 0.6) is 0 Å². The smallest absolute Gasteiger partial charge is 0.324 e. The Morgan fingerprint density at radius 2 is 1.79 bits per heavy atom. The van der Waals surface area contributed by atoms with Crippen LogP contribution >= 0.6 is 11.6 Å². The molecule has 3 rings (SSSR count). The first-order valence-corrected chi connectivity index (χ1v) is 10.9. The third-order valence-electron chi connectivity index (χ3n) is 4.57. The lowest BCUT2D eigenvalue weighted by atomic mass is 10.2.